The monoisotopic (exact) mass is 409 g/mol. The number of amides is 1. The average molecular weight is 409 g/mol. The second kappa shape index (κ2) is 8.14. The Hall–Kier alpha value is -2.68. The third-order valence-corrected chi connectivity index (χ3v) is 5.75. The zero-order chi connectivity index (χ0) is 20.3. The highest BCUT2D eigenvalue weighted by molar-refractivity contribution is 7.92. The van der Waals surface area contributed by atoms with Crippen LogP contribution < -0.4 is 9.21 Å². The Labute approximate surface area is 163 Å². The number of hydrogen-bond donors (Lipinski definition) is 0. The van der Waals surface area contributed by atoms with E-state index in [1.54, 1.807) is 17.0 Å². The van der Waals surface area contributed by atoms with Crippen LogP contribution in [-0.4, -0.2) is 58.2 Å². The van der Waals surface area contributed by atoms with Gasteiger partial charge in [-0.1, -0.05) is 12.1 Å². The van der Waals surface area contributed by atoms with Gasteiger partial charge >= 0.3 is 0 Å². The topological polar surface area (TPSA) is 60.9 Å². The molecule has 3 rings (SSSR count). The Morgan fingerprint density at radius 1 is 1.00 bits per heavy atom. The molecule has 1 amide bonds. The zero-order valence-corrected chi connectivity index (χ0v) is 16.2. The summed E-state index contributed by atoms with van der Waals surface area (Å²) >= 11 is 0. The maximum Gasteiger partial charge on any atom is 0.243 e. The molecule has 0 spiro atoms. The van der Waals surface area contributed by atoms with Gasteiger partial charge in [-0.15, -0.1) is 0 Å². The van der Waals surface area contributed by atoms with Crippen molar-refractivity contribution in [3.8, 4) is 0 Å². The molecule has 0 bridgehead atoms. The van der Waals surface area contributed by atoms with Crippen molar-refractivity contribution < 1.29 is 22.0 Å². The molecule has 0 aliphatic carbocycles. The van der Waals surface area contributed by atoms with Crippen LogP contribution in [0.3, 0.4) is 0 Å². The number of sulfonamides is 1. The standard InChI is InChI=1S/C19H21F2N3O3S/c1-28(26,27)24(18-5-3-2-4-17(18)21)14-19(25)23-12-10-22(11-13-23)16-8-6-15(20)7-9-16/h2-9H,10-14H2,1H3. The van der Waals surface area contributed by atoms with Gasteiger partial charge in [0, 0.05) is 31.9 Å². The van der Waals surface area contributed by atoms with E-state index in [0.29, 0.717) is 26.2 Å². The molecule has 0 saturated carbocycles. The minimum Gasteiger partial charge on any atom is -0.368 e. The van der Waals surface area contributed by atoms with Crippen LogP contribution in [0, 0.1) is 11.6 Å². The summed E-state index contributed by atoms with van der Waals surface area (Å²) in [6, 6.07) is 11.6. The maximum atomic E-state index is 14.1. The molecule has 2 aromatic rings. The van der Waals surface area contributed by atoms with Crippen LogP contribution in [0.25, 0.3) is 0 Å². The summed E-state index contributed by atoms with van der Waals surface area (Å²) in [6.45, 7) is 1.40. The predicted octanol–water partition coefficient (Wildman–Crippen LogP) is 2.08. The van der Waals surface area contributed by atoms with Gasteiger partial charge in [-0.2, -0.15) is 0 Å². The smallest absolute Gasteiger partial charge is 0.243 e. The Balaban J connectivity index is 1.67. The van der Waals surface area contributed by atoms with Crippen LogP contribution in [0.4, 0.5) is 20.2 Å². The molecule has 0 radical (unpaired) electrons. The van der Waals surface area contributed by atoms with Crippen LogP contribution in [0.2, 0.25) is 0 Å². The highest BCUT2D eigenvalue weighted by atomic mass is 32.2. The van der Waals surface area contributed by atoms with Crippen molar-refractivity contribution >= 4 is 27.3 Å². The molecular weight excluding hydrogens is 388 g/mol. The summed E-state index contributed by atoms with van der Waals surface area (Å²) in [5.41, 5.74) is 0.709. The number of hydrogen-bond acceptors (Lipinski definition) is 4. The number of carbonyl (C=O) groups is 1. The highest BCUT2D eigenvalue weighted by Gasteiger charge is 2.28. The van der Waals surface area contributed by atoms with Gasteiger partial charge in [-0.05, 0) is 36.4 Å². The largest absolute Gasteiger partial charge is 0.368 e. The number of rotatable bonds is 5. The van der Waals surface area contributed by atoms with Gasteiger partial charge in [0.25, 0.3) is 0 Å². The van der Waals surface area contributed by atoms with E-state index in [-0.39, 0.29) is 11.5 Å². The summed E-state index contributed by atoms with van der Waals surface area (Å²) in [4.78, 5) is 16.2. The van der Waals surface area contributed by atoms with Crippen molar-refractivity contribution in [1.82, 2.24) is 4.90 Å². The number of nitrogens with zero attached hydrogens (tertiary/aromatic N) is 3. The summed E-state index contributed by atoms with van der Waals surface area (Å²) in [5.74, 6) is -1.42. The molecule has 150 valence electrons. The van der Waals surface area contributed by atoms with E-state index in [1.165, 1.54) is 30.3 Å². The van der Waals surface area contributed by atoms with E-state index in [2.05, 4.69) is 0 Å². The van der Waals surface area contributed by atoms with Gasteiger partial charge in [0.2, 0.25) is 15.9 Å². The van der Waals surface area contributed by atoms with E-state index in [0.717, 1.165) is 22.3 Å². The van der Waals surface area contributed by atoms with Gasteiger partial charge < -0.3 is 9.80 Å². The second-order valence-corrected chi connectivity index (χ2v) is 8.47. The number of para-hydroxylation sites is 1. The lowest BCUT2D eigenvalue weighted by Gasteiger charge is -2.37. The molecule has 2 aromatic carbocycles. The quantitative estimate of drug-likeness (QED) is 0.759. The Morgan fingerprint density at radius 2 is 1.61 bits per heavy atom. The first kappa shape index (κ1) is 20.1. The van der Waals surface area contributed by atoms with Crippen LogP contribution in [0.5, 0.6) is 0 Å². The average Bonchev–Trinajstić information content (AvgIpc) is 2.66. The summed E-state index contributed by atoms with van der Waals surface area (Å²) in [7, 11) is -3.83. The minimum absolute atomic E-state index is 0.150. The maximum absolute atomic E-state index is 14.1. The number of carbonyl (C=O) groups excluding carboxylic acids is 1. The van der Waals surface area contributed by atoms with Crippen molar-refractivity contribution in [2.75, 3.05) is 48.2 Å². The molecule has 0 N–H and O–H groups in total. The Morgan fingerprint density at radius 3 is 2.18 bits per heavy atom. The van der Waals surface area contributed by atoms with Gasteiger partial charge in [-0.25, -0.2) is 17.2 Å². The fraction of sp³-hybridized carbons (Fsp3) is 0.316. The highest BCUT2D eigenvalue weighted by Crippen LogP contribution is 2.22. The van der Waals surface area contributed by atoms with Crippen LogP contribution in [0.15, 0.2) is 48.5 Å². The fourth-order valence-electron chi connectivity index (χ4n) is 3.12. The van der Waals surface area contributed by atoms with E-state index < -0.39 is 28.3 Å². The van der Waals surface area contributed by atoms with Gasteiger partial charge in [-0.3, -0.25) is 9.10 Å². The van der Waals surface area contributed by atoms with Crippen LogP contribution in [0.1, 0.15) is 0 Å². The van der Waals surface area contributed by atoms with Gasteiger partial charge in [0.15, 0.2) is 0 Å². The van der Waals surface area contributed by atoms with Crippen molar-refractivity contribution in [2.45, 2.75) is 0 Å². The van der Waals surface area contributed by atoms with Gasteiger partial charge in [0.05, 0.1) is 11.9 Å². The molecule has 0 aromatic heterocycles. The second-order valence-electron chi connectivity index (χ2n) is 6.57. The first-order chi connectivity index (χ1) is 13.3. The lowest BCUT2D eigenvalue weighted by Crippen LogP contribution is -2.52. The molecule has 1 heterocycles. The van der Waals surface area contributed by atoms with Crippen molar-refractivity contribution in [3.05, 3.63) is 60.2 Å². The lowest BCUT2D eigenvalue weighted by atomic mass is 10.2. The van der Waals surface area contributed by atoms with E-state index in [9.17, 15) is 22.0 Å². The summed E-state index contributed by atoms with van der Waals surface area (Å²) in [5, 5.41) is 0. The molecule has 1 saturated heterocycles. The molecule has 0 unspecified atom stereocenters. The van der Waals surface area contributed by atoms with Crippen molar-refractivity contribution in [3.63, 3.8) is 0 Å². The normalized spacial score (nSPS) is 14.8. The summed E-state index contributed by atoms with van der Waals surface area (Å²) < 4.78 is 52.1. The third-order valence-electron chi connectivity index (χ3n) is 4.62. The third kappa shape index (κ3) is 4.59. The fourth-order valence-corrected chi connectivity index (χ4v) is 3.97. The predicted molar refractivity (Wildman–Crippen MR) is 104 cm³/mol. The molecule has 28 heavy (non-hydrogen) atoms. The summed E-state index contributed by atoms with van der Waals surface area (Å²) in [6.07, 6.45) is 0.944. The number of anilines is 2. The van der Waals surface area contributed by atoms with Crippen LogP contribution >= 0.6 is 0 Å². The molecule has 9 heteroatoms. The van der Waals surface area contributed by atoms with Crippen molar-refractivity contribution in [2.24, 2.45) is 0 Å². The molecule has 1 fully saturated rings. The van der Waals surface area contributed by atoms with Crippen LogP contribution in [-0.2, 0) is 14.8 Å². The van der Waals surface area contributed by atoms with E-state index in [1.807, 2.05) is 4.90 Å². The zero-order valence-electron chi connectivity index (χ0n) is 15.4. The lowest BCUT2D eigenvalue weighted by molar-refractivity contribution is -0.129. The number of halogens is 2. The molecule has 0 atom stereocenters. The Kier molecular flexibility index (Phi) is 5.83. The molecule has 1 aliphatic heterocycles. The van der Waals surface area contributed by atoms with Crippen molar-refractivity contribution in [1.29, 1.82) is 0 Å². The van der Waals surface area contributed by atoms with E-state index >= 15 is 0 Å². The van der Waals surface area contributed by atoms with E-state index in [4.69, 9.17) is 0 Å². The van der Waals surface area contributed by atoms with Gasteiger partial charge in [0.1, 0.15) is 18.2 Å². The molecular formula is C19H21F2N3O3S. The number of benzene rings is 2. The molecule has 1 aliphatic rings. The number of piperazine rings is 1. The Bertz CT molecular complexity index is 943. The molecule has 6 nitrogen and oxygen atoms in total. The first-order valence-corrected chi connectivity index (χ1v) is 10.6. The first-order valence-electron chi connectivity index (χ1n) is 8.76. The minimum atomic E-state index is -3.83. The SMILES string of the molecule is CS(=O)(=O)N(CC(=O)N1CCN(c2ccc(F)cc2)CC1)c1ccccc1F.